The topological polar surface area (TPSA) is 75.7 Å². The third-order valence-electron chi connectivity index (χ3n) is 6.64. The fourth-order valence-corrected chi connectivity index (χ4v) is 5.84. The van der Waals surface area contributed by atoms with Gasteiger partial charge in [-0.25, -0.2) is 0 Å². The molecule has 0 saturated carbocycles. The summed E-state index contributed by atoms with van der Waals surface area (Å²) < 4.78 is 5.67. The number of hydrogen-bond acceptors (Lipinski definition) is 5. The van der Waals surface area contributed by atoms with Crippen molar-refractivity contribution in [2.75, 3.05) is 16.8 Å². The van der Waals surface area contributed by atoms with Gasteiger partial charge in [0.2, 0.25) is 17.7 Å². The molecule has 1 heterocycles. The molecule has 1 aliphatic heterocycles. The number of anilines is 2. The largest absolute Gasteiger partial charge is 0.492 e. The van der Waals surface area contributed by atoms with Crippen molar-refractivity contribution in [2.45, 2.75) is 29.9 Å². The van der Waals surface area contributed by atoms with Gasteiger partial charge < -0.3 is 10.1 Å². The van der Waals surface area contributed by atoms with E-state index in [0.29, 0.717) is 36.6 Å². The summed E-state index contributed by atoms with van der Waals surface area (Å²) in [5.74, 6) is -0.345. The lowest BCUT2D eigenvalue weighted by molar-refractivity contribution is -0.122. The third kappa shape index (κ3) is 5.18. The number of carbonyl (C=O) groups excluding carboxylic acids is 3. The molecular formula is C30H28N2O4S. The summed E-state index contributed by atoms with van der Waals surface area (Å²) in [6.45, 7) is 2.40. The highest BCUT2D eigenvalue weighted by atomic mass is 32.2. The minimum Gasteiger partial charge on any atom is -0.492 e. The van der Waals surface area contributed by atoms with Gasteiger partial charge in [-0.2, -0.15) is 0 Å². The van der Waals surface area contributed by atoms with Crippen molar-refractivity contribution < 1.29 is 19.1 Å². The van der Waals surface area contributed by atoms with Crippen LogP contribution < -0.4 is 15.0 Å². The highest BCUT2D eigenvalue weighted by Gasteiger charge is 2.47. The Balaban J connectivity index is 1.36. The van der Waals surface area contributed by atoms with Crippen LogP contribution in [0.2, 0.25) is 0 Å². The van der Waals surface area contributed by atoms with Gasteiger partial charge in [-0.05, 0) is 61.7 Å². The Morgan fingerprint density at radius 1 is 0.919 bits per heavy atom. The summed E-state index contributed by atoms with van der Waals surface area (Å²) in [5.41, 5.74) is 2.05. The average Bonchev–Trinajstić information content (AvgIpc) is 3.19. The van der Waals surface area contributed by atoms with Crippen LogP contribution in [0, 0.1) is 11.8 Å². The molecule has 0 unspecified atom stereocenters. The molecule has 0 radical (unpaired) electrons. The lowest BCUT2D eigenvalue weighted by Crippen LogP contribution is -2.30. The first-order valence-electron chi connectivity index (χ1n) is 12.4. The summed E-state index contributed by atoms with van der Waals surface area (Å²) in [6, 6.07) is 24.3. The Kier molecular flexibility index (Phi) is 7.42. The van der Waals surface area contributed by atoms with Crippen LogP contribution in [0.3, 0.4) is 0 Å². The predicted octanol–water partition coefficient (Wildman–Crippen LogP) is 6.01. The van der Waals surface area contributed by atoms with Crippen molar-refractivity contribution in [3.63, 3.8) is 0 Å². The zero-order chi connectivity index (χ0) is 25.8. The van der Waals surface area contributed by atoms with E-state index in [2.05, 4.69) is 5.32 Å². The van der Waals surface area contributed by atoms with E-state index in [9.17, 15) is 14.4 Å². The molecule has 0 spiro atoms. The average molecular weight is 513 g/mol. The lowest BCUT2D eigenvalue weighted by atomic mass is 9.85. The summed E-state index contributed by atoms with van der Waals surface area (Å²) in [6.07, 6.45) is 5.19. The normalized spacial score (nSPS) is 19.4. The number of hydrogen-bond donors (Lipinski definition) is 1. The summed E-state index contributed by atoms with van der Waals surface area (Å²) >= 11 is 1.41. The van der Waals surface area contributed by atoms with Gasteiger partial charge in [0.15, 0.2) is 0 Å². The first kappa shape index (κ1) is 24.8. The summed E-state index contributed by atoms with van der Waals surface area (Å²) in [7, 11) is 0. The van der Waals surface area contributed by atoms with Crippen molar-refractivity contribution in [2.24, 2.45) is 11.8 Å². The van der Waals surface area contributed by atoms with Gasteiger partial charge in [0.1, 0.15) is 11.0 Å². The van der Waals surface area contributed by atoms with Crippen LogP contribution in [0.25, 0.3) is 0 Å². The van der Waals surface area contributed by atoms with Crippen LogP contribution in [0.5, 0.6) is 5.75 Å². The molecule has 37 heavy (non-hydrogen) atoms. The molecule has 188 valence electrons. The smallest absolute Gasteiger partial charge is 0.242 e. The van der Waals surface area contributed by atoms with Crippen LogP contribution in [-0.2, 0) is 14.4 Å². The predicted molar refractivity (Wildman–Crippen MR) is 146 cm³/mol. The number of amides is 3. The van der Waals surface area contributed by atoms with Crippen molar-refractivity contribution in [1.82, 2.24) is 0 Å². The number of ether oxygens (including phenoxy) is 1. The van der Waals surface area contributed by atoms with Crippen molar-refractivity contribution in [3.8, 4) is 5.75 Å². The van der Waals surface area contributed by atoms with Crippen LogP contribution in [0.1, 0.15) is 30.6 Å². The van der Waals surface area contributed by atoms with E-state index in [1.807, 2.05) is 85.8 Å². The molecule has 2 aliphatic rings. The van der Waals surface area contributed by atoms with Gasteiger partial charge >= 0.3 is 0 Å². The van der Waals surface area contributed by atoms with Crippen LogP contribution in [0.15, 0.2) is 95.9 Å². The SMILES string of the molecule is CCOc1ccccc1NC(=O)[C@@H](Sc1ccc(N2C(=O)[C@H]3CC=CC[C@H]3C2=O)cc1)c1ccccc1. The van der Waals surface area contributed by atoms with Crippen LogP contribution >= 0.6 is 11.8 Å². The van der Waals surface area contributed by atoms with E-state index in [-0.39, 0.29) is 29.6 Å². The second kappa shape index (κ2) is 11.0. The number of fused-ring (bicyclic) bond motifs is 1. The molecule has 1 saturated heterocycles. The minimum absolute atomic E-state index is 0.130. The number of carbonyl (C=O) groups is 3. The Morgan fingerprint density at radius 2 is 1.54 bits per heavy atom. The van der Waals surface area contributed by atoms with Gasteiger partial charge in [0.25, 0.3) is 0 Å². The maximum atomic E-state index is 13.5. The van der Waals surface area contributed by atoms with Gasteiger partial charge in [-0.3, -0.25) is 19.3 Å². The second-order valence-electron chi connectivity index (χ2n) is 8.99. The molecule has 5 rings (SSSR count). The molecule has 1 N–H and O–H groups in total. The fraction of sp³-hybridized carbons (Fsp3) is 0.233. The Labute approximate surface area is 220 Å². The van der Waals surface area contributed by atoms with E-state index >= 15 is 0 Å². The molecule has 6 nitrogen and oxygen atoms in total. The number of nitrogens with one attached hydrogen (secondary N) is 1. The highest BCUT2D eigenvalue weighted by molar-refractivity contribution is 8.00. The van der Waals surface area contributed by atoms with E-state index in [1.165, 1.54) is 16.7 Å². The van der Waals surface area contributed by atoms with E-state index < -0.39 is 5.25 Å². The van der Waals surface area contributed by atoms with Crippen molar-refractivity contribution in [1.29, 1.82) is 0 Å². The van der Waals surface area contributed by atoms with Gasteiger partial charge in [-0.1, -0.05) is 54.6 Å². The third-order valence-corrected chi connectivity index (χ3v) is 7.91. The van der Waals surface area contributed by atoms with E-state index in [4.69, 9.17) is 4.74 Å². The second-order valence-corrected chi connectivity index (χ2v) is 10.2. The Hall–Kier alpha value is -3.84. The zero-order valence-electron chi connectivity index (χ0n) is 20.5. The Bertz CT molecular complexity index is 1300. The monoisotopic (exact) mass is 512 g/mol. The molecule has 3 aromatic rings. The van der Waals surface area contributed by atoms with Gasteiger partial charge in [0, 0.05) is 4.90 Å². The van der Waals surface area contributed by atoms with Crippen LogP contribution in [-0.4, -0.2) is 24.3 Å². The quantitative estimate of drug-likeness (QED) is 0.227. The first-order valence-corrected chi connectivity index (χ1v) is 13.3. The first-order chi connectivity index (χ1) is 18.1. The molecule has 3 atom stereocenters. The number of thioether (sulfide) groups is 1. The molecule has 3 amide bonds. The number of allylic oxidation sites excluding steroid dienone is 2. The molecule has 0 aromatic heterocycles. The van der Waals surface area contributed by atoms with Crippen LogP contribution in [0.4, 0.5) is 11.4 Å². The lowest BCUT2D eigenvalue weighted by Gasteiger charge is -2.19. The Morgan fingerprint density at radius 3 is 2.19 bits per heavy atom. The maximum Gasteiger partial charge on any atom is 0.242 e. The fourth-order valence-electron chi connectivity index (χ4n) is 4.81. The number of rotatable bonds is 8. The molecule has 1 fully saturated rings. The molecule has 7 heteroatoms. The minimum atomic E-state index is -0.522. The zero-order valence-corrected chi connectivity index (χ0v) is 21.3. The summed E-state index contributed by atoms with van der Waals surface area (Å²) in [4.78, 5) is 41.5. The molecule has 3 aromatic carbocycles. The van der Waals surface area contributed by atoms with Crippen molar-refractivity contribution >= 4 is 40.9 Å². The number of benzene rings is 3. The highest BCUT2D eigenvalue weighted by Crippen LogP contribution is 2.40. The maximum absolute atomic E-state index is 13.5. The van der Waals surface area contributed by atoms with E-state index in [0.717, 1.165) is 10.5 Å². The molecule has 0 bridgehead atoms. The van der Waals surface area contributed by atoms with Crippen molar-refractivity contribution in [3.05, 3.63) is 96.6 Å². The van der Waals surface area contributed by atoms with Gasteiger partial charge in [-0.15, -0.1) is 11.8 Å². The van der Waals surface area contributed by atoms with Gasteiger partial charge in [0.05, 0.1) is 29.8 Å². The number of imide groups is 1. The number of nitrogens with zero attached hydrogens (tertiary/aromatic N) is 1. The number of para-hydroxylation sites is 2. The standard InChI is InChI=1S/C30H28N2O4S/c1-2-36-26-15-9-8-14-25(26)31-28(33)27(20-10-4-3-5-11-20)37-22-18-16-21(17-19-22)32-29(34)23-12-6-7-13-24(23)30(32)35/h3-11,14-19,23-24,27H,2,12-13H2,1H3,(H,31,33)/t23-,24+,27-/m0/s1. The van der Waals surface area contributed by atoms with E-state index in [1.54, 1.807) is 12.1 Å². The molecule has 1 aliphatic carbocycles. The molecular weight excluding hydrogens is 484 g/mol. The summed E-state index contributed by atoms with van der Waals surface area (Å²) in [5, 5.41) is 2.50.